The van der Waals surface area contributed by atoms with Crippen LogP contribution in [0, 0.1) is 0 Å². The number of aliphatic hydroxyl groups is 1. The van der Waals surface area contributed by atoms with Gasteiger partial charge in [0.2, 0.25) is 0 Å². The van der Waals surface area contributed by atoms with Crippen molar-refractivity contribution in [2.45, 2.75) is 45.3 Å². The van der Waals surface area contributed by atoms with Gasteiger partial charge >= 0.3 is 0 Å². The first-order valence-corrected chi connectivity index (χ1v) is 8.22. The molecule has 0 amide bonds. The number of nitrogens with one attached hydrogen (secondary N) is 1. The van der Waals surface area contributed by atoms with E-state index in [4.69, 9.17) is 0 Å². The molecule has 0 aromatic heterocycles. The van der Waals surface area contributed by atoms with E-state index in [0.29, 0.717) is 6.04 Å². The minimum atomic E-state index is -0.498. The van der Waals surface area contributed by atoms with Gasteiger partial charge in [-0.3, -0.25) is 0 Å². The van der Waals surface area contributed by atoms with Gasteiger partial charge in [0.15, 0.2) is 0 Å². The number of rotatable bonds is 4. The molecule has 1 saturated heterocycles. The number of piperidine rings is 1. The highest BCUT2D eigenvalue weighted by Gasteiger charge is 2.28. The second-order valence-electron chi connectivity index (χ2n) is 5.97. The molecule has 3 nitrogen and oxygen atoms in total. The van der Waals surface area contributed by atoms with Gasteiger partial charge < -0.3 is 15.3 Å². The molecule has 0 saturated carbocycles. The number of hydrogen-bond acceptors (Lipinski definition) is 3. The van der Waals surface area contributed by atoms with Crippen LogP contribution in [0.1, 0.15) is 45.2 Å². The van der Waals surface area contributed by atoms with Crippen molar-refractivity contribution < 1.29 is 5.11 Å². The summed E-state index contributed by atoms with van der Waals surface area (Å²) in [4.78, 5) is 2.35. The molecule has 0 bridgehead atoms. The number of nitrogens with zero attached hydrogens (tertiary/aromatic N) is 1. The summed E-state index contributed by atoms with van der Waals surface area (Å²) in [6, 6.07) is 6.95. The van der Waals surface area contributed by atoms with Gasteiger partial charge in [0.25, 0.3) is 0 Å². The SMILES string of the molecule is CCNC(C)c1ccc(N2CCC(C)(O)CC2)c(Br)c1. The predicted molar refractivity (Wildman–Crippen MR) is 88.3 cm³/mol. The molecule has 4 heteroatoms. The summed E-state index contributed by atoms with van der Waals surface area (Å²) in [5.41, 5.74) is 2.03. The van der Waals surface area contributed by atoms with Crippen LogP contribution < -0.4 is 10.2 Å². The molecule has 1 aromatic rings. The van der Waals surface area contributed by atoms with Crippen molar-refractivity contribution in [2.75, 3.05) is 24.5 Å². The molecule has 1 heterocycles. The molecule has 0 aliphatic carbocycles. The Balaban J connectivity index is 2.10. The van der Waals surface area contributed by atoms with Crippen LogP contribution in [0.15, 0.2) is 22.7 Å². The first-order valence-electron chi connectivity index (χ1n) is 7.43. The lowest BCUT2D eigenvalue weighted by Crippen LogP contribution is -2.42. The fourth-order valence-corrected chi connectivity index (χ4v) is 3.35. The van der Waals surface area contributed by atoms with E-state index in [0.717, 1.165) is 36.9 Å². The molecule has 1 aliphatic heterocycles. The van der Waals surface area contributed by atoms with Gasteiger partial charge in [-0.15, -0.1) is 0 Å². The van der Waals surface area contributed by atoms with Gasteiger partial charge in [0, 0.05) is 23.6 Å². The molecule has 0 radical (unpaired) electrons. The average molecular weight is 341 g/mol. The Morgan fingerprint density at radius 3 is 2.60 bits per heavy atom. The van der Waals surface area contributed by atoms with Crippen LogP contribution in [-0.2, 0) is 0 Å². The molecule has 0 spiro atoms. The van der Waals surface area contributed by atoms with Gasteiger partial charge in [0.1, 0.15) is 0 Å². The molecule has 1 fully saturated rings. The Labute approximate surface area is 130 Å². The fraction of sp³-hybridized carbons (Fsp3) is 0.625. The molecule has 2 N–H and O–H groups in total. The molecule has 1 atom stereocenters. The van der Waals surface area contributed by atoms with Gasteiger partial charge in [-0.05, 0) is 66.9 Å². The molecule has 1 aromatic carbocycles. The summed E-state index contributed by atoms with van der Waals surface area (Å²) in [5.74, 6) is 0. The average Bonchev–Trinajstić information content (AvgIpc) is 2.39. The van der Waals surface area contributed by atoms with E-state index in [-0.39, 0.29) is 0 Å². The Kier molecular flexibility index (Phi) is 5.10. The number of benzene rings is 1. The molecular formula is C16H25BrN2O. The van der Waals surface area contributed by atoms with Crippen molar-refractivity contribution in [3.05, 3.63) is 28.2 Å². The van der Waals surface area contributed by atoms with Crippen molar-refractivity contribution in [2.24, 2.45) is 0 Å². The van der Waals surface area contributed by atoms with Gasteiger partial charge in [-0.2, -0.15) is 0 Å². The summed E-state index contributed by atoms with van der Waals surface area (Å²) in [6.07, 6.45) is 1.66. The lowest BCUT2D eigenvalue weighted by Gasteiger charge is -2.37. The molecule has 20 heavy (non-hydrogen) atoms. The summed E-state index contributed by atoms with van der Waals surface area (Å²) in [7, 11) is 0. The lowest BCUT2D eigenvalue weighted by atomic mass is 9.93. The highest BCUT2D eigenvalue weighted by Crippen LogP contribution is 2.33. The number of anilines is 1. The maximum Gasteiger partial charge on any atom is 0.0653 e. The smallest absolute Gasteiger partial charge is 0.0653 e. The van der Waals surface area contributed by atoms with Gasteiger partial charge in [-0.25, -0.2) is 0 Å². The van der Waals surface area contributed by atoms with Crippen LogP contribution in [0.4, 0.5) is 5.69 Å². The van der Waals surface area contributed by atoms with Gasteiger partial charge in [-0.1, -0.05) is 13.0 Å². The van der Waals surface area contributed by atoms with E-state index in [2.05, 4.69) is 58.2 Å². The first-order chi connectivity index (χ1) is 9.43. The minimum absolute atomic E-state index is 0.368. The number of halogens is 1. The summed E-state index contributed by atoms with van der Waals surface area (Å²) in [5, 5.41) is 13.5. The lowest BCUT2D eigenvalue weighted by molar-refractivity contribution is 0.0351. The second kappa shape index (κ2) is 6.46. The third-order valence-electron chi connectivity index (χ3n) is 4.16. The van der Waals surface area contributed by atoms with E-state index in [9.17, 15) is 5.11 Å². The van der Waals surface area contributed by atoms with Crippen molar-refractivity contribution in [3.63, 3.8) is 0 Å². The maximum atomic E-state index is 10.0. The highest BCUT2D eigenvalue weighted by atomic mass is 79.9. The van der Waals surface area contributed by atoms with E-state index in [1.165, 1.54) is 11.3 Å². The van der Waals surface area contributed by atoms with Crippen LogP contribution in [0.3, 0.4) is 0 Å². The Morgan fingerprint density at radius 1 is 1.40 bits per heavy atom. The predicted octanol–water partition coefficient (Wildman–Crippen LogP) is 3.47. The molecule has 2 rings (SSSR count). The van der Waals surface area contributed by atoms with E-state index in [1.807, 2.05) is 6.92 Å². The van der Waals surface area contributed by atoms with Gasteiger partial charge in [0.05, 0.1) is 11.3 Å². The Morgan fingerprint density at radius 2 is 2.05 bits per heavy atom. The van der Waals surface area contributed by atoms with Crippen molar-refractivity contribution >= 4 is 21.6 Å². The largest absolute Gasteiger partial charge is 0.390 e. The zero-order valence-corrected chi connectivity index (χ0v) is 14.2. The van der Waals surface area contributed by atoms with Crippen LogP contribution in [0.5, 0.6) is 0 Å². The van der Waals surface area contributed by atoms with Crippen LogP contribution in [-0.4, -0.2) is 30.3 Å². The molecule has 1 aliphatic rings. The third-order valence-corrected chi connectivity index (χ3v) is 4.80. The standard InChI is InChI=1S/C16H25BrN2O/c1-4-18-12(2)13-5-6-15(14(17)11-13)19-9-7-16(3,20)8-10-19/h5-6,11-12,18,20H,4,7-10H2,1-3H3. The van der Waals surface area contributed by atoms with Crippen LogP contribution >= 0.6 is 15.9 Å². The first kappa shape index (κ1) is 15.8. The van der Waals surface area contributed by atoms with E-state index in [1.54, 1.807) is 0 Å². The zero-order chi connectivity index (χ0) is 14.8. The van der Waals surface area contributed by atoms with E-state index < -0.39 is 5.60 Å². The quantitative estimate of drug-likeness (QED) is 0.880. The van der Waals surface area contributed by atoms with Crippen LogP contribution in [0.25, 0.3) is 0 Å². The van der Waals surface area contributed by atoms with E-state index >= 15 is 0 Å². The van der Waals surface area contributed by atoms with Crippen molar-refractivity contribution in [1.29, 1.82) is 0 Å². The topological polar surface area (TPSA) is 35.5 Å². The molecular weight excluding hydrogens is 316 g/mol. The fourth-order valence-electron chi connectivity index (χ4n) is 2.70. The van der Waals surface area contributed by atoms with Crippen molar-refractivity contribution in [1.82, 2.24) is 5.32 Å². The third kappa shape index (κ3) is 3.74. The maximum absolute atomic E-state index is 10.0. The highest BCUT2D eigenvalue weighted by molar-refractivity contribution is 9.10. The monoisotopic (exact) mass is 340 g/mol. The minimum Gasteiger partial charge on any atom is -0.390 e. The summed E-state index contributed by atoms with van der Waals surface area (Å²) in [6.45, 7) is 9.03. The Bertz CT molecular complexity index is 452. The normalized spacial score (nSPS) is 19.9. The summed E-state index contributed by atoms with van der Waals surface area (Å²) >= 11 is 3.70. The Hall–Kier alpha value is -0.580. The number of hydrogen-bond donors (Lipinski definition) is 2. The summed E-state index contributed by atoms with van der Waals surface area (Å²) < 4.78 is 1.14. The molecule has 1 unspecified atom stereocenters. The van der Waals surface area contributed by atoms with Crippen LogP contribution in [0.2, 0.25) is 0 Å². The molecule has 112 valence electrons. The van der Waals surface area contributed by atoms with Crippen molar-refractivity contribution in [3.8, 4) is 0 Å². The second-order valence-corrected chi connectivity index (χ2v) is 6.83. The zero-order valence-electron chi connectivity index (χ0n) is 12.6.